The fraction of sp³-hybridized carbons (Fsp3) is 0.364. The van der Waals surface area contributed by atoms with Crippen LogP contribution in [0.4, 0.5) is 13.2 Å². The van der Waals surface area contributed by atoms with Crippen molar-refractivity contribution in [2.75, 3.05) is 18.4 Å². The van der Waals surface area contributed by atoms with Gasteiger partial charge in [-0.1, -0.05) is 27.5 Å². The topological polar surface area (TPSA) is 20.3 Å². The van der Waals surface area contributed by atoms with Crippen LogP contribution in [0, 0.1) is 0 Å². The van der Waals surface area contributed by atoms with E-state index in [2.05, 4.69) is 15.9 Å². The highest BCUT2D eigenvalue weighted by Gasteiger charge is 2.33. The summed E-state index contributed by atoms with van der Waals surface area (Å²) in [5.41, 5.74) is 0.185. The largest absolute Gasteiger partial charge is 0.406 e. The first-order valence-electron chi connectivity index (χ1n) is 5.01. The van der Waals surface area contributed by atoms with Crippen LogP contribution in [-0.2, 0) is 0 Å². The highest BCUT2D eigenvalue weighted by atomic mass is 79.9. The number of nitrogens with zero attached hydrogens (tertiary/aromatic N) is 1. The average molecular weight is 345 g/mol. The second-order valence-electron chi connectivity index (χ2n) is 3.54. The van der Waals surface area contributed by atoms with E-state index < -0.39 is 18.6 Å². The number of benzene rings is 1. The van der Waals surface area contributed by atoms with E-state index in [0.29, 0.717) is 5.02 Å². The Kier molecular flexibility index (Phi) is 5.47. The number of halogens is 5. The van der Waals surface area contributed by atoms with E-state index in [-0.39, 0.29) is 17.4 Å². The van der Waals surface area contributed by atoms with Gasteiger partial charge in [0.25, 0.3) is 5.91 Å². The maximum Gasteiger partial charge on any atom is 0.406 e. The zero-order valence-electron chi connectivity index (χ0n) is 9.18. The van der Waals surface area contributed by atoms with E-state index >= 15 is 0 Å². The van der Waals surface area contributed by atoms with E-state index in [1.54, 1.807) is 0 Å². The number of carbonyl (C=O) groups is 1. The summed E-state index contributed by atoms with van der Waals surface area (Å²) in [6.45, 7) is -1.28. The van der Waals surface area contributed by atoms with Gasteiger partial charge in [0.15, 0.2) is 0 Å². The maximum absolute atomic E-state index is 12.3. The Labute approximate surface area is 116 Å². The molecule has 1 aromatic carbocycles. The molecule has 0 atom stereocenters. The van der Waals surface area contributed by atoms with Gasteiger partial charge in [-0.05, 0) is 24.3 Å². The molecule has 0 aliphatic heterocycles. The third kappa shape index (κ3) is 4.86. The molecule has 0 heterocycles. The molecule has 0 aliphatic rings. The Morgan fingerprint density at radius 2 is 1.83 bits per heavy atom. The Balaban J connectivity index is 2.85. The molecule has 0 N–H and O–H groups in total. The van der Waals surface area contributed by atoms with Crippen molar-refractivity contribution >= 4 is 33.4 Å². The molecular formula is C11H10BrClF3NO. The van der Waals surface area contributed by atoms with Gasteiger partial charge >= 0.3 is 6.18 Å². The third-order valence-corrected chi connectivity index (χ3v) is 2.71. The zero-order valence-corrected chi connectivity index (χ0v) is 11.5. The van der Waals surface area contributed by atoms with Crippen LogP contribution in [0.3, 0.4) is 0 Å². The number of hydrogen-bond acceptors (Lipinski definition) is 1. The van der Waals surface area contributed by atoms with Crippen LogP contribution in [-0.4, -0.2) is 35.4 Å². The van der Waals surface area contributed by atoms with Gasteiger partial charge in [0.1, 0.15) is 6.54 Å². The molecule has 100 valence electrons. The lowest BCUT2D eigenvalue weighted by Crippen LogP contribution is -2.40. The van der Waals surface area contributed by atoms with Crippen molar-refractivity contribution in [1.82, 2.24) is 4.90 Å². The predicted molar refractivity (Wildman–Crippen MR) is 67.2 cm³/mol. The van der Waals surface area contributed by atoms with Crippen molar-refractivity contribution < 1.29 is 18.0 Å². The molecule has 1 amide bonds. The minimum absolute atomic E-state index is 0.0129. The lowest BCUT2D eigenvalue weighted by Gasteiger charge is -2.23. The fourth-order valence-corrected chi connectivity index (χ4v) is 1.90. The van der Waals surface area contributed by atoms with Gasteiger partial charge in [-0.15, -0.1) is 0 Å². The van der Waals surface area contributed by atoms with E-state index in [1.807, 2.05) is 0 Å². The molecule has 18 heavy (non-hydrogen) atoms. The van der Waals surface area contributed by atoms with E-state index in [1.165, 1.54) is 24.3 Å². The summed E-state index contributed by atoms with van der Waals surface area (Å²) in [6, 6.07) is 5.74. The van der Waals surface area contributed by atoms with Crippen LogP contribution in [0.1, 0.15) is 10.4 Å². The molecule has 2 nitrogen and oxygen atoms in total. The summed E-state index contributed by atoms with van der Waals surface area (Å²) in [6.07, 6.45) is -4.41. The molecule has 0 saturated heterocycles. The lowest BCUT2D eigenvalue weighted by molar-refractivity contribution is -0.140. The molecule has 0 spiro atoms. The standard InChI is InChI=1S/C11H10BrClF3NO/c12-5-6-17(7-11(14,15)16)10(18)8-1-3-9(13)4-2-8/h1-4H,5-7H2. The van der Waals surface area contributed by atoms with Gasteiger partial charge < -0.3 is 4.90 Å². The summed E-state index contributed by atoms with van der Waals surface area (Å²) < 4.78 is 37.0. The molecule has 0 bridgehead atoms. The number of rotatable bonds is 4. The summed E-state index contributed by atoms with van der Waals surface area (Å²) >= 11 is 8.68. The predicted octanol–water partition coefficient (Wildman–Crippen LogP) is 3.74. The molecule has 0 aliphatic carbocycles. The maximum atomic E-state index is 12.3. The van der Waals surface area contributed by atoms with Gasteiger partial charge in [-0.2, -0.15) is 13.2 Å². The normalized spacial score (nSPS) is 11.4. The lowest BCUT2D eigenvalue weighted by atomic mass is 10.2. The van der Waals surface area contributed by atoms with Crippen LogP contribution in [0.25, 0.3) is 0 Å². The first-order valence-corrected chi connectivity index (χ1v) is 6.51. The minimum Gasteiger partial charge on any atom is -0.329 e. The first kappa shape index (κ1) is 15.3. The van der Waals surface area contributed by atoms with Crippen LogP contribution in [0.15, 0.2) is 24.3 Å². The quantitative estimate of drug-likeness (QED) is 0.762. The Bertz CT molecular complexity index is 408. The van der Waals surface area contributed by atoms with Crippen LogP contribution in [0.2, 0.25) is 5.02 Å². The molecule has 0 saturated carbocycles. The molecule has 0 aromatic heterocycles. The summed E-state index contributed by atoms with van der Waals surface area (Å²) in [5, 5.41) is 0.706. The Morgan fingerprint density at radius 1 is 1.28 bits per heavy atom. The fourth-order valence-electron chi connectivity index (χ4n) is 1.35. The highest BCUT2D eigenvalue weighted by molar-refractivity contribution is 9.09. The third-order valence-electron chi connectivity index (χ3n) is 2.10. The van der Waals surface area contributed by atoms with Crippen molar-refractivity contribution in [3.05, 3.63) is 34.9 Å². The van der Waals surface area contributed by atoms with Crippen molar-refractivity contribution in [3.63, 3.8) is 0 Å². The summed E-state index contributed by atoms with van der Waals surface area (Å²) in [7, 11) is 0. The molecule has 0 fully saturated rings. The molecule has 1 aromatic rings. The molecule has 0 radical (unpaired) electrons. The van der Waals surface area contributed by atoms with E-state index in [4.69, 9.17) is 11.6 Å². The highest BCUT2D eigenvalue weighted by Crippen LogP contribution is 2.19. The van der Waals surface area contributed by atoms with E-state index in [9.17, 15) is 18.0 Å². The molecule has 1 rings (SSSR count). The van der Waals surface area contributed by atoms with Crippen LogP contribution < -0.4 is 0 Å². The number of carbonyl (C=O) groups excluding carboxylic acids is 1. The van der Waals surface area contributed by atoms with Crippen LogP contribution >= 0.6 is 27.5 Å². The number of amides is 1. The summed E-state index contributed by atoms with van der Waals surface area (Å²) in [4.78, 5) is 12.6. The van der Waals surface area contributed by atoms with E-state index in [0.717, 1.165) is 4.90 Å². The van der Waals surface area contributed by atoms with Crippen molar-refractivity contribution in [2.24, 2.45) is 0 Å². The smallest absolute Gasteiger partial charge is 0.329 e. The van der Waals surface area contributed by atoms with Gasteiger partial charge in [0, 0.05) is 22.5 Å². The van der Waals surface area contributed by atoms with Gasteiger partial charge in [0.05, 0.1) is 0 Å². The Morgan fingerprint density at radius 3 is 2.28 bits per heavy atom. The second kappa shape index (κ2) is 6.43. The van der Waals surface area contributed by atoms with Gasteiger partial charge in [-0.3, -0.25) is 4.79 Å². The summed E-state index contributed by atoms with van der Waals surface area (Å²) in [5.74, 6) is -0.663. The average Bonchev–Trinajstić information content (AvgIpc) is 2.27. The number of hydrogen-bond donors (Lipinski definition) is 0. The molecular weight excluding hydrogens is 334 g/mol. The first-order chi connectivity index (χ1) is 8.33. The van der Waals surface area contributed by atoms with Gasteiger partial charge in [-0.25, -0.2) is 0 Å². The van der Waals surface area contributed by atoms with Gasteiger partial charge in [0.2, 0.25) is 0 Å². The second-order valence-corrected chi connectivity index (χ2v) is 4.77. The monoisotopic (exact) mass is 343 g/mol. The SMILES string of the molecule is O=C(c1ccc(Cl)cc1)N(CCBr)CC(F)(F)F. The van der Waals surface area contributed by atoms with Crippen molar-refractivity contribution in [3.8, 4) is 0 Å². The molecule has 0 unspecified atom stereocenters. The molecule has 7 heteroatoms. The minimum atomic E-state index is -4.41. The van der Waals surface area contributed by atoms with Crippen molar-refractivity contribution in [1.29, 1.82) is 0 Å². The van der Waals surface area contributed by atoms with Crippen LogP contribution in [0.5, 0.6) is 0 Å². The van der Waals surface area contributed by atoms with Crippen molar-refractivity contribution in [2.45, 2.75) is 6.18 Å². The zero-order chi connectivity index (χ0) is 13.8. The Hall–Kier alpha value is -0.750. The number of alkyl halides is 4.